The van der Waals surface area contributed by atoms with Crippen molar-refractivity contribution in [3.05, 3.63) is 65.3 Å². The smallest absolute Gasteiger partial charge is 0.399 e. The van der Waals surface area contributed by atoms with Gasteiger partial charge in [-0.05, 0) is 129 Å². The zero-order chi connectivity index (χ0) is 25.6. The summed E-state index contributed by atoms with van der Waals surface area (Å²) in [6.07, 6.45) is 14.3. The maximum absolute atomic E-state index is 10.3. The molecular weight excluding hydrogens is 455 g/mol. The molecule has 0 aromatic heterocycles. The molecule has 1 aliphatic heterocycles. The normalized spacial score (nSPS) is 35.6. The SMILES string of the molecule is CC1(C)OB(c2ccc3cc(C4C=C(C56CC7CC(CC(C7)C5)C6)C(CO)=CC4)ccc3c2)OC1(C)C. The molecule has 5 aliphatic carbocycles. The lowest BCUT2D eigenvalue weighted by molar-refractivity contribution is -0.0301. The molecule has 4 heteroatoms. The summed E-state index contributed by atoms with van der Waals surface area (Å²) in [6.45, 7) is 8.59. The van der Waals surface area contributed by atoms with Crippen LogP contribution >= 0.6 is 0 Å². The van der Waals surface area contributed by atoms with Gasteiger partial charge in [0.15, 0.2) is 0 Å². The Bertz CT molecular complexity index is 1250. The topological polar surface area (TPSA) is 38.7 Å². The molecule has 37 heavy (non-hydrogen) atoms. The van der Waals surface area contributed by atoms with Crippen LogP contribution in [0, 0.1) is 23.2 Å². The third-order valence-electron chi connectivity index (χ3n) is 11.0. The van der Waals surface area contributed by atoms with Crippen molar-refractivity contribution in [3.8, 4) is 0 Å². The van der Waals surface area contributed by atoms with Crippen molar-refractivity contribution in [2.75, 3.05) is 6.61 Å². The third-order valence-corrected chi connectivity index (χ3v) is 11.0. The van der Waals surface area contributed by atoms with Gasteiger partial charge in [-0.3, -0.25) is 0 Å². The summed E-state index contributed by atoms with van der Waals surface area (Å²) in [6, 6.07) is 13.6. The Hall–Kier alpha value is -1.88. The second-order valence-electron chi connectivity index (χ2n) is 14.0. The van der Waals surface area contributed by atoms with Crippen LogP contribution in [0.15, 0.2) is 59.7 Å². The number of aliphatic hydroxyl groups excluding tert-OH is 1. The van der Waals surface area contributed by atoms with E-state index in [1.165, 1.54) is 66.0 Å². The van der Waals surface area contributed by atoms with Crippen LogP contribution in [0.25, 0.3) is 10.8 Å². The Morgan fingerprint density at radius 1 is 0.838 bits per heavy atom. The van der Waals surface area contributed by atoms with E-state index in [0.29, 0.717) is 11.3 Å². The first-order valence-corrected chi connectivity index (χ1v) is 14.6. The van der Waals surface area contributed by atoms with Crippen LogP contribution < -0.4 is 5.46 Å². The average Bonchev–Trinajstić information content (AvgIpc) is 3.08. The Kier molecular flexibility index (Phi) is 5.43. The Morgan fingerprint density at radius 2 is 1.43 bits per heavy atom. The van der Waals surface area contributed by atoms with Gasteiger partial charge in [-0.25, -0.2) is 0 Å². The summed E-state index contributed by atoms with van der Waals surface area (Å²) in [7, 11) is -0.333. The van der Waals surface area contributed by atoms with Crippen molar-refractivity contribution in [2.24, 2.45) is 23.2 Å². The van der Waals surface area contributed by atoms with Gasteiger partial charge in [0.1, 0.15) is 0 Å². The Morgan fingerprint density at radius 3 is 2.05 bits per heavy atom. The largest absolute Gasteiger partial charge is 0.494 e. The first-order chi connectivity index (χ1) is 17.6. The van der Waals surface area contributed by atoms with Gasteiger partial charge >= 0.3 is 7.12 Å². The summed E-state index contributed by atoms with van der Waals surface area (Å²) in [4.78, 5) is 0. The van der Waals surface area contributed by atoms with Crippen LogP contribution in [0.4, 0.5) is 0 Å². The highest BCUT2D eigenvalue weighted by Crippen LogP contribution is 2.64. The molecule has 6 aliphatic rings. The van der Waals surface area contributed by atoms with Gasteiger partial charge in [0.2, 0.25) is 0 Å². The van der Waals surface area contributed by atoms with Crippen molar-refractivity contribution < 1.29 is 14.4 Å². The van der Waals surface area contributed by atoms with Gasteiger partial charge in [-0.15, -0.1) is 0 Å². The highest BCUT2D eigenvalue weighted by molar-refractivity contribution is 6.62. The van der Waals surface area contributed by atoms with E-state index in [4.69, 9.17) is 9.31 Å². The zero-order valence-corrected chi connectivity index (χ0v) is 22.9. The molecule has 0 amide bonds. The number of aliphatic hydroxyl groups is 1. The number of hydrogen-bond donors (Lipinski definition) is 1. The van der Waals surface area contributed by atoms with Gasteiger partial charge < -0.3 is 14.4 Å². The lowest BCUT2D eigenvalue weighted by Gasteiger charge is -2.58. The van der Waals surface area contributed by atoms with Crippen LogP contribution in [0.5, 0.6) is 0 Å². The molecule has 1 unspecified atom stereocenters. The first-order valence-electron chi connectivity index (χ1n) is 14.6. The van der Waals surface area contributed by atoms with Crippen molar-refractivity contribution >= 4 is 23.4 Å². The van der Waals surface area contributed by atoms with Crippen molar-refractivity contribution in [1.29, 1.82) is 0 Å². The minimum absolute atomic E-state index is 0.180. The highest BCUT2D eigenvalue weighted by Gasteiger charge is 2.53. The first kappa shape index (κ1) is 24.2. The molecule has 1 saturated heterocycles. The lowest BCUT2D eigenvalue weighted by atomic mass is 9.46. The van der Waals surface area contributed by atoms with E-state index in [-0.39, 0.29) is 24.9 Å². The van der Waals surface area contributed by atoms with Crippen LogP contribution in [0.2, 0.25) is 0 Å². The van der Waals surface area contributed by atoms with Gasteiger partial charge in [-0.2, -0.15) is 0 Å². The van der Waals surface area contributed by atoms with E-state index < -0.39 is 0 Å². The lowest BCUT2D eigenvalue weighted by Crippen LogP contribution is -2.47. The molecule has 8 rings (SSSR count). The minimum Gasteiger partial charge on any atom is -0.399 e. The Labute approximate surface area is 222 Å². The second kappa shape index (κ2) is 8.31. The fraction of sp³-hybridized carbons (Fsp3) is 0.576. The summed E-state index contributed by atoms with van der Waals surface area (Å²) in [5.74, 6) is 3.11. The molecule has 3 nitrogen and oxygen atoms in total. The number of hydrogen-bond acceptors (Lipinski definition) is 3. The fourth-order valence-electron chi connectivity index (χ4n) is 8.73. The molecule has 1 N–H and O–H groups in total. The predicted molar refractivity (Wildman–Crippen MR) is 151 cm³/mol. The monoisotopic (exact) mass is 496 g/mol. The maximum Gasteiger partial charge on any atom is 0.494 e. The van der Waals surface area contributed by atoms with E-state index in [1.54, 1.807) is 0 Å². The van der Waals surface area contributed by atoms with Gasteiger partial charge in [0.05, 0.1) is 17.8 Å². The summed E-state index contributed by atoms with van der Waals surface area (Å²) in [5, 5.41) is 12.8. The molecule has 2 aromatic carbocycles. The average molecular weight is 497 g/mol. The molecular formula is C33H41BO3. The summed E-state index contributed by atoms with van der Waals surface area (Å²) >= 11 is 0. The number of fused-ring (bicyclic) bond motifs is 1. The third kappa shape index (κ3) is 3.89. The van der Waals surface area contributed by atoms with Gasteiger partial charge in [0, 0.05) is 5.92 Å². The summed E-state index contributed by atoms with van der Waals surface area (Å²) in [5.41, 5.74) is 4.82. The maximum atomic E-state index is 10.3. The van der Waals surface area contributed by atoms with Crippen LogP contribution in [-0.4, -0.2) is 30.0 Å². The minimum atomic E-state index is -0.334. The molecule has 1 heterocycles. The highest BCUT2D eigenvalue weighted by atomic mass is 16.7. The molecule has 0 radical (unpaired) electrons. The molecule has 194 valence electrons. The van der Waals surface area contributed by atoms with Crippen LogP contribution in [0.3, 0.4) is 0 Å². The van der Waals surface area contributed by atoms with E-state index in [2.05, 4.69) is 76.2 Å². The fourth-order valence-corrected chi connectivity index (χ4v) is 8.73. The molecule has 2 aromatic rings. The molecule has 1 atom stereocenters. The molecule has 4 bridgehead atoms. The number of allylic oxidation sites excluding steroid dienone is 2. The Balaban J connectivity index is 1.18. The standard InChI is InChI=1S/C33H41BO3/c1-31(2)32(3,4)37-34(36-31)29-10-9-25-14-24(5-6-26(25)15-29)27-7-8-28(20-35)30(16-27)33-17-21-11-22(18-33)13-23(12-21)19-33/h5-6,8-10,14-16,21-23,27,35H,7,11-13,17-20H2,1-4H3. The van der Waals surface area contributed by atoms with E-state index >= 15 is 0 Å². The van der Waals surface area contributed by atoms with Crippen molar-refractivity contribution in [3.63, 3.8) is 0 Å². The number of benzene rings is 2. The second-order valence-corrected chi connectivity index (χ2v) is 14.0. The van der Waals surface area contributed by atoms with Crippen LogP contribution in [0.1, 0.15) is 84.1 Å². The zero-order valence-electron chi connectivity index (χ0n) is 22.9. The van der Waals surface area contributed by atoms with Crippen molar-refractivity contribution in [2.45, 2.75) is 89.8 Å². The predicted octanol–water partition coefficient (Wildman–Crippen LogP) is 6.69. The molecule has 4 saturated carbocycles. The van der Waals surface area contributed by atoms with Gasteiger partial charge in [-0.1, -0.05) is 48.6 Å². The van der Waals surface area contributed by atoms with Crippen molar-refractivity contribution in [1.82, 2.24) is 0 Å². The summed E-state index contributed by atoms with van der Waals surface area (Å²) < 4.78 is 12.6. The van der Waals surface area contributed by atoms with E-state index in [1.807, 2.05) is 0 Å². The molecule has 0 spiro atoms. The number of rotatable bonds is 4. The van der Waals surface area contributed by atoms with Crippen LogP contribution in [-0.2, 0) is 9.31 Å². The van der Waals surface area contributed by atoms with Gasteiger partial charge in [0.25, 0.3) is 0 Å². The van der Waals surface area contributed by atoms with E-state index in [0.717, 1.165) is 29.6 Å². The van der Waals surface area contributed by atoms with E-state index in [9.17, 15) is 5.11 Å². The quantitative estimate of drug-likeness (QED) is 0.480. The molecule has 5 fully saturated rings.